The summed E-state index contributed by atoms with van der Waals surface area (Å²) in [6.07, 6.45) is 4.70. The number of rotatable bonds is 3. The highest BCUT2D eigenvalue weighted by Crippen LogP contribution is 2.29. The highest BCUT2D eigenvalue weighted by Gasteiger charge is 2.15. The molecule has 3 rings (SSSR count). The van der Waals surface area contributed by atoms with Crippen molar-refractivity contribution in [2.45, 2.75) is 32.7 Å². The van der Waals surface area contributed by atoms with E-state index in [-0.39, 0.29) is 42.8 Å². The molecule has 132 valence electrons. The number of nitrogens with one attached hydrogen (secondary N) is 1. The Morgan fingerprint density at radius 1 is 1.04 bits per heavy atom. The van der Waals surface area contributed by atoms with Crippen LogP contribution in [0.15, 0.2) is 36.7 Å². The van der Waals surface area contributed by atoms with Crippen molar-refractivity contribution >= 4 is 48.1 Å². The van der Waals surface area contributed by atoms with Crippen molar-refractivity contribution in [1.82, 2.24) is 15.2 Å². The first-order valence-corrected chi connectivity index (χ1v) is 7.21. The minimum atomic E-state index is -0.367. The first-order chi connectivity index (χ1) is 10.0. The van der Waals surface area contributed by atoms with Crippen molar-refractivity contribution in [1.29, 1.82) is 0 Å². The van der Waals surface area contributed by atoms with Gasteiger partial charge in [-0.05, 0) is 43.5 Å². The topological polar surface area (TPSA) is 67.6 Å². The van der Waals surface area contributed by atoms with Crippen LogP contribution < -0.4 is 5.73 Å². The Morgan fingerprint density at radius 3 is 2.29 bits per heavy atom. The predicted molar refractivity (Wildman–Crippen MR) is 108 cm³/mol. The van der Waals surface area contributed by atoms with Gasteiger partial charge in [0.1, 0.15) is 0 Å². The number of fused-ring (bicyclic) bond motifs is 1. The van der Waals surface area contributed by atoms with Crippen molar-refractivity contribution < 1.29 is 0 Å². The summed E-state index contributed by atoms with van der Waals surface area (Å²) < 4.78 is 0. The smallest absolute Gasteiger partial charge is 0.0705 e. The van der Waals surface area contributed by atoms with E-state index in [1.807, 2.05) is 32.3 Å². The lowest BCUT2D eigenvalue weighted by molar-refractivity contribution is 0.552. The van der Waals surface area contributed by atoms with Gasteiger partial charge in [0, 0.05) is 22.7 Å². The number of pyridine rings is 1. The van der Waals surface area contributed by atoms with Crippen LogP contribution in [0.1, 0.15) is 31.9 Å². The Morgan fingerprint density at radius 2 is 1.75 bits per heavy atom. The first kappa shape index (κ1) is 22.7. The zero-order chi connectivity index (χ0) is 15.0. The molecule has 0 aliphatic carbocycles. The van der Waals surface area contributed by atoms with E-state index >= 15 is 0 Å². The summed E-state index contributed by atoms with van der Waals surface area (Å²) >= 11 is 0. The monoisotopic (exact) mass is 388 g/mol. The van der Waals surface area contributed by atoms with Gasteiger partial charge in [-0.15, -0.1) is 37.2 Å². The number of hydrogen-bond donors (Lipinski definition) is 2. The number of aromatic nitrogens is 3. The largest absolute Gasteiger partial charge is 0.322 e. The van der Waals surface area contributed by atoms with Crippen molar-refractivity contribution in [3.05, 3.63) is 47.8 Å². The Hall–Kier alpha value is -1.33. The van der Waals surface area contributed by atoms with Crippen LogP contribution in [-0.4, -0.2) is 15.2 Å². The molecule has 0 atom stereocenters. The third kappa shape index (κ3) is 4.19. The van der Waals surface area contributed by atoms with E-state index < -0.39 is 0 Å². The average molecular weight is 390 g/mol. The average Bonchev–Trinajstić information content (AvgIpc) is 2.94. The summed E-state index contributed by atoms with van der Waals surface area (Å²) in [6, 6.07) is 8.26. The van der Waals surface area contributed by atoms with Gasteiger partial charge < -0.3 is 5.73 Å². The van der Waals surface area contributed by atoms with Gasteiger partial charge in [0.15, 0.2) is 0 Å². The Labute approximate surface area is 160 Å². The van der Waals surface area contributed by atoms with Crippen LogP contribution in [0.5, 0.6) is 0 Å². The minimum Gasteiger partial charge on any atom is -0.322 e. The molecule has 3 N–H and O–H groups in total. The highest BCUT2D eigenvalue weighted by atomic mass is 35.5. The molecule has 0 aliphatic heterocycles. The maximum absolute atomic E-state index is 6.11. The molecule has 2 aromatic heterocycles. The Bertz CT molecular complexity index is 777. The molecule has 0 saturated carbocycles. The predicted octanol–water partition coefficient (Wildman–Crippen LogP) is 4.65. The molecule has 2 heterocycles. The standard InChI is InChI=1S/C17H20N4.3ClH/c1-4-12-13(6-8-16-14(12)10-20-21-16)15-7-5-11(9-19-15)17(2,3)18;;;/h5-10H,4,18H2,1-3H3,(H,20,21);3*1H. The highest BCUT2D eigenvalue weighted by molar-refractivity contribution is 5.88. The molecule has 3 aromatic rings. The summed E-state index contributed by atoms with van der Waals surface area (Å²) in [5.41, 5.74) is 11.2. The van der Waals surface area contributed by atoms with Gasteiger partial charge in [-0.3, -0.25) is 10.1 Å². The lowest BCUT2D eigenvalue weighted by Crippen LogP contribution is -2.28. The molecule has 0 fully saturated rings. The molecule has 1 aromatic carbocycles. The van der Waals surface area contributed by atoms with Crippen LogP contribution in [-0.2, 0) is 12.0 Å². The normalized spacial score (nSPS) is 10.5. The second kappa shape index (κ2) is 8.67. The van der Waals surface area contributed by atoms with Crippen LogP contribution in [0.2, 0.25) is 0 Å². The molecular weight excluding hydrogens is 367 g/mol. The molecule has 0 amide bonds. The zero-order valence-corrected chi connectivity index (χ0v) is 16.3. The maximum atomic E-state index is 6.11. The fourth-order valence-electron chi connectivity index (χ4n) is 2.63. The van der Waals surface area contributed by atoms with Gasteiger partial charge in [-0.2, -0.15) is 5.10 Å². The second-order valence-electron chi connectivity index (χ2n) is 5.93. The quantitative estimate of drug-likeness (QED) is 0.685. The van der Waals surface area contributed by atoms with E-state index in [2.05, 4.69) is 40.3 Å². The van der Waals surface area contributed by atoms with Gasteiger partial charge in [-0.1, -0.05) is 19.1 Å². The third-order valence-corrected chi connectivity index (χ3v) is 3.87. The van der Waals surface area contributed by atoms with Gasteiger partial charge >= 0.3 is 0 Å². The first-order valence-electron chi connectivity index (χ1n) is 7.21. The number of aryl methyl sites for hydroxylation is 1. The van der Waals surface area contributed by atoms with Crippen molar-refractivity contribution in [3.63, 3.8) is 0 Å². The zero-order valence-electron chi connectivity index (χ0n) is 13.9. The van der Waals surface area contributed by atoms with Crippen molar-refractivity contribution in [2.75, 3.05) is 0 Å². The lowest BCUT2D eigenvalue weighted by Gasteiger charge is -2.19. The van der Waals surface area contributed by atoms with E-state index in [0.29, 0.717) is 0 Å². The van der Waals surface area contributed by atoms with Crippen LogP contribution in [0.3, 0.4) is 0 Å². The summed E-state index contributed by atoms with van der Waals surface area (Å²) in [4.78, 5) is 4.60. The number of halogens is 3. The van der Waals surface area contributed by atoms with E-state index in [9.17, 15) is 0 Å². The SMILES string of the molecule is CCc1c(-c2ccc(C(C)(C)N)cn2)ccc2[nH]ncc12.Cl.Cl.Cl. The summed E-state index contributed by atoms with van der Waals surface area (Å²) in [5.74, 6) is 0. The van der Waals surface area contributed by atoms with Crippen LogP contribution in [0, 0.1) is 0 Å². The number of aromatic amines is 1. The van der Waals surface area contributed by atoms with Crippen molar-refractivity contribution in [3.8, 4) is 11.3 Å². The Balaban J connectivity index is 0.00000176. The van der Waals surface area contributed by atoms with Crippen LogP contribution in [0.25, 0.3) is 22.2 Å². The molecule has 0 spiro atoms. The summed E-state index contributed by atoms with van der Waals surface area (Å²) in [6.45, 7) is 6.13. The molecule has 0 unspecified atom stereocenters. The van der Waals surface area contributed by atoms with E-state index in [0.717, 1.165) is 28.8 Å². The van der Waals surface area contributed by atoms with Gasteiger partial charge in [-0.25, -0.2) is 0 Å². The number of nitrogens with two attached hydrogens (primary N) is 1. The summed E-state index contributed by atoms with van der Waals surface area (Å²) in [7, 11) is 0. The number of hydrogen-bond acceptors (Lipinski definition) is 3. The molecule has 7 heteroatoms. The van der Waals surface area contributed by atoms with E-state index in [1.165, 1.54) is 10.9 Å². The van der Waals surface area contributed by atoms with E-state index in [4.69, 9.17) is 5.73 Å². The number of nitrogens with zero attached hydrogens (tertiary/aromatic N) is 2. The number of H-pyrrole nitrogens is 1. The van der Waals surface area contributed by atoms with Crippen LogP contribution >= 0.6 is 37.2 Å². The van der Waals surface area contributed by atoms with E-state index in [1.54, 1.807) is 0 Å². The van der Waals surface area contributed by atoms with Gasteiger partial charge in [0.05, 0.1) is 17.4 Å². The molecule has 0 bridgehead atoms. The number of benzene rings is 1. The molecular formula is C17H23Cl3N4. The van der Waals surface area contributed by atoms with Gasteiger partial charge in [0.25, 0.3) is 0 Å². The molecule has 4 nitrogen and oxygen atoms in total. The van der Waals surface area contributed by atoms with Crippen LogP contribution in [0.4, 0.5) is 0 Å². The van der Waals surface area contributed by atoms with Crippen molar-refractivity contribution in [2.24, 2.45) is 5.73 Å². The fourth-order valence-corrected chi connectivity index (χ4v) is 2.63. The minimum absolute atomic E-state index is 0. The fraction of sp³-hybridized carbons (Fsp3) is 0.294. The summed E-state index contributed by atoms with van der Waals surface area (Å²) in [5, 5.41) is 8.31. The molecule has 24 heavy (non-hydrogen) atoms. The second-order valence-corrected chi connectivity index (χ2v) is 5.93. The molecule has 0 radical (unpaired) electrons. The third-order valence-electron chi connectivity index (χ3n) is 3.87. The van der Waals surface area contributed by atoms with Gasteiger partial charge in [0.2, 0.25) is 0 Å². The lowest BCUT2D eigenvalue weighted by atomic mass is 9.95. The Kier molecular flexibility index (Phi) is 8.19. The molecule has 0 aliphatic rings. The molecule has 0 saturated heterocycles. The maximum Gasteiger partial charge on any atom is 0.0705 e.